The van der Waals surface area contributed by atoms with E-state index in [-0.39, 0.29) is 11.7 Å². The molecule has 0 heterocycles. The van der Waals surface area contributed by atoms with Crippen molar-refractivity contribution >= 4 is 23.1 Å². The standard InChI is InChI=1S/C14H13ClFN3O/c15-13-7-9(14(17)19-20)1-2-10(13)8-18-12-5-3-11(16)4-6-12/h1-7,18,20H,8H2,(H2,17,19). The van der Waals surface area contributed by atoms with E-state index < -0.39 is 0 Å². The molecule has 4 N–H and O–H groups in total. The molecule has 0 aromatic heterocycles. The summed E-state index contributed by atoms with van der Waals surface area (Å²) < 4.78 is 12.8. The third-order valence-corrected chi connectivity index (χ3v) is 3.14. The van der Waals surface area contributed by atoms with Crippen LogP contribution in [0.1, 0.15) is 11.1 Å². The lowest BCUT2D eigenvalue weighted by atomic mass is 10.1. The van der Waals surface area contributed by atoms with Gasteiger partial charge in [0.15, 0.2) is 5.84 Å². The normalized spacial score (nSPS) is 11.4. The first kappa shape index (κ1) is 14.1. The van der Waals surface area contributed by atoms with Gasteiger partial charge in [-0.15, -0.1) is 0 Å². The number of nitrogens with zero attached hydrogens (tertiary/aromatic N) is 1. The van der Waals surface area contributed by atoms with Gasteiger partial charge in [-0.3, -0.25) is 0 Å². The Morgan fingerprint density at radius 2 is 1.95 bits per heavy atom. The van der Waals surface area contributed by atoms with Crippen LogP contribution in [0, 0.1) is 5.82 Å². The average molecular weight is 294 g/mol. The molecule has 4 nitrogen and oxygen atoms in total. The Morgan fingerprint density at radius 1 is 1.25 bits per heavy atom. The minimum absolute atomic E-state index is 0.00458. The molecule has 0 unspecified atom stereocenters. The van der Waals surface area contributed by atoms with E-state index in [0.29, 0.717) is 17.1 Å². The molecular weight excluding hydrogens is 281 g/mol. The second-order valence-corrected chi connectivity index (χ2v) is 4.56. The maximum Gasteiger partial charge on any atom is 0.170 e. The van der Waals surface area contributed by atoms with Gasteiger partial charge in [-0.05, 0) is 35.9 Å². The fourth-order valence-electron chi connectivity index (χ4n) is 1.67. The number of benzene rings is 2. The van der Waals surface area contributed by atoms with Crippen LogP contribution >= 0.6 is 11.6 Å². The Kier molecular flexibility index (Phi) is 4.42. The van der Waals surface area contributed by atoms with Crippen LogP contribution in [-0.2, 0) is 6.54 Å². The number of rotatable bonds is 4. The number of nitrogens with one attached hydrogen (secondary N) is 1. The lowest BCUT2D eigenvalue weighted by Crippen LogP contribution is -2.13. The lowest BCUT2D eigenvalue weighted by molar-refractivity contribution is 0.318. The molecule has 2 rings (SSSR count). The van der Waals surface area contributed by atoms with E-state index in [1.54, 1.807) is 30.3 Å². The van der Waals surface area contributed by atoms with Gasteiger partial charge < -0.3 is 16.3 Å². The molecule has 2 aromatic carbocycles. The Labute approximate surface area is 120 Å². The molecule has 0 aliphatic heterocycles. The van der Waals surface area contributed by atoms with Crippen LogP contribution in [0.15, 0.2) is 47.6 Å². The minimum Gasteiger partial charge on any atom is -0.409 e. The monoisotopic (exact) mass is 293 g/mol. The maximum absolute atomic E-state index is 12.8. The summed E-state index contributed by atoms with van der Waals surface area (Å²) in [4.78, 5) is 0. The first-order chi connectivity index (χ1) is 9.60. The molecule has 0 radical (unpaired) electrons. The second kappa shape index (κ2) is 6.25. The number of hydrogen-bond donors (Lipinski definition) is 3. The van der Waals surface area contributed by atoms with Crippen molar-refractivity contribution in [1.29, 1.82) is 0 Å². The highest BCUT2D eigenvalue weighted by Crippen LogP contribution is 2.19. The minimum atomic E-state index is -0.281. The van der Waals surface area contributed by atoms with Crippen molar-refractivity contribution in [3.63, 3.8) is 0 Å². The summed E-state index contributed by atoms with van der Waals surface area (Å²) in [5.41, 5.74) is 7.67. The third-order valence-electron chi connectivity index (χ3n) is 2.78. The van der Waals surface area contributed by atoms with Crippen molar-refractivity contribution in [1.82, 2.24) is 0 Å². The number of amidine groups is 1. The topological polar surface area (TPSA) is 70.6 Å². The van der Waals surface area contributed by atoms with Crippen molar-refractivity contribution in [3.8, 4) is 0 Å². The van der Waals surface area contributed by atoms with E-state index in [2.05, 4.69) is 10.5 Å². The Hall–Kier alpha value is -2.27. The van der Waals surface area contributed by atoms with Crippen molar-refractivity contribution in [2.75, 3.05) is 5.32 Å². The summed E-state index contributed by atoms with van der Waals surface area (Å²) in [6.45, 7) is 0.487. The van der Waals surface area contributed by atoms with E-state index in [1.165, 1.54) is 12.1 Å². The van der Waals surface area contributed by atoms with Gasteiger partial charge in [-0.2, -0.15) is 0 Å². The largest absolute Gasteiger partial charge is 0.409 e. The molecule has 0 aliphatic rings. The molecule has 0 amide bonds. The van der Waals surface area contributed by atoms with Crippen LogP contribution < -0.4 is 11.1 Å². The van der Waals surface area contributed by atoms with Crippen LogP contribution in [0.2, 0.25) is 5.02 Å². The second-order valence-electron chi connectivity index (χ2n) is 4.15. The summed E-state index contributed by atoms with van der Waals surface area (Å²) in [5.74, 6) is -0.276. The zero-order valence-electron chi connectivity index (χ0n) is 10.5. The summed E-state index contributed by atoms with van der Waals surface area (Å²) >= 11 is 6.13. The molecule has 0 spiro atoms. The molecule has 6 heteroatoms. The van der Waals surface area contributed by atoms with Crippen molar-refractivity contribution < 1.29 is 9.60 Å². The smallest absolute Gasteiger partial charge is 0.170 e. The number of anilines is 1. The highest BCUT2D eigenvalue weighted by Gasteiger charge is 2.05. The fraction of sp³-hybridized carbons (Fsp3) is 0.0714. The van der Waals surface area contributed by atoms with Gasteiger partial charge in [0.2, 0.25) is 0 Å². The lowest BCUT2D eigenvalue weighted by Gasteiger charge is -2.09. The number of halogens is 2. The first-order valence-electron chi connectivity index (χ1n) is 5.86. The predicted octanol–water partition coefficient (Wildman–Crippen LogP) is 3.19. The summed E-state index contributed by atoms with van der Waals surface area (Å²) in [7, 11) is 0. The van der Waals surface area contributed by atoms with E-state index >= 15 is 0 Å². The van der Waals surface area contributed by atoms with Gasteiger partial charge in [0, 0.05) is 22.8 Å². The fourth-order valence-corrected chi connectivity index (χ4v) is 1.92. The molecule has 0 saturated heterocycles. The van der Waals surface area contributed by atoms with E-state index in [9.17, 15) is 4.39 Å². The van der Waals surface area contributed by atoms with Crippen LogP contribution in [0.5, 0.6) is 0 Å². The highest BCUT2D eigenvalue weighted by atomic mass is 35.5. The number of hydrogen-bond acceptors (Lipinski definition) is 3. The number of oxime groups is 1. The molecule has 0 fully saturated rings. The van der Waals surface area contributed by atoms with E-state index in [0.717, 1.165) is 11.3 Å². The first-order valence-corrected chi connectivity index (χ1v) is 6.23. The quantitative estimate of drug-likeness (QED) is 0.351. The van der Waals surface area contributed by atoms with Gasteiger partial charge in [0.1, 0.15) is 5.82 Å². The van der Waals surface area contributed by atoms with E-state index in [1.807, 2.05) is 0 Å². The molecule has 0 saturated carbocycles. The summed E-state index contributed by atoms with van der Waals surface area (Å²) in [6, 6.07) is 11.2. The Morgan fingerprint density at radius 3 is 2.55 bits per heavy atom. The SMILES string of the molecule is N/C(=N/O)c1ccc(CNc2ccc(F)cc2)c(Cl)c1. The molecule has 104 valence electrons. The van der Waals surface area contributed by atoms with Gasteiger partial charge in [-0.1, -0.05) is 28.9 Å². The Balaban J connectivity index is 2.08. The molecule has 2 aromatic rings. The average Bonchev–Trinajstić information content (AvgIpc) is 2.46. The predicted molar refractivity (Wildman–Crippen MR) is 77.7 cm³/mol. The third kappa shape index (κ3) is 3.39. The van der Waals surface area contributed by atoms with Crippen LogP contribution in [-0.4, -0.2) is 11.0 Å². The summed E-state index contributed by atoms with van der Waals surface area (Å²) in [5, 5.41) is 15.1. The van der Waals surface area contributed by atoms with Crippen molar-refractivity contribution in [2.24, 2.45) is 10.9 Å². The van der Waals surface area contributed by atoms with Crippen molar-refractivity contribution in [2.45, 2.75) is 6.54 Å². The van der Waals surface area contributed by atoms with E-state index in [4.69, 9.17) is 22.5 Å². The zero-order valence-corrected chi connectivity index (χ0v) is 11.2. The molecule has 0 aliphatic carbocycles. The Bertz CT molecular complexity index is 629. The van der Waals surface area contributed by atoms with Crippen LogP contribution in [0.4, 0.5) is 10.1 Å². The van der Waals surface area contributed by atoms with Gasteiger partial charge in [0.25, 0.3) is 0 Å². The van der Waals surface area contributed by atoms with Crippen molar-refractivity contribution in [3.05, 3.63) is 64.4 Å². The molecule has 20 heavy (non-hydrogen) atoms. The number of nitrogens with two attached hydrogens (primary N) is 1. The maximum atomic E-state index is 12.8. The van der Waals surface area contributed by atoms with Crippen LogP contribution in [0.3, 0.4) is 0 Å². The van der Waals surface area contributed by atoms with Crippen LogP contribution in [0.25, 0.3) is 0 Å². The van der Waals surface area contributed by atoms with Gasteiger partial charge >= 0.3 is 0 Å². The molecule has 0 atom stereocenters. The highest BCUT2D eigenvalue weighted by molar-refractivity contribution is 6.31. The van der Waals surface area contributed by atoms with Gasteiger partial charge in [-0.25, -0.2) is 4.39 Å². The zero-order chi connectivity index (χ0) is 14.5. The van der Waals surface area contributed by atoms with Gasteiger partial charge in [0.05, 0.1) is 0 Å². The summed E-state index contributed by atoms with van der Waals surface area (Å²) in [6.07, 6.45) is 0. The molecule has 0 bridgehead atoms. The molecular formula is C14H13ClFN3O.